The van der Waals surface area contributed by atoms with Crippen LogP contribution in [0.2, 0.25) is 5.02 Å². The molecule has 1 aliphatic rings. The molecular formula is C24H19ClN4O3S. The molecule has 0 spiro atoms. The van der Waals surface area contributed by atoms with E-state index in [1.54, 1.807) is 24.3 Å². The van der Waals surface area contributed by atoms with Crippen molar-refractivity contribution in [2.75, 3.05) is 5.75 Å². The number of benzene rings is 2. The third-order valence-corrected chi connectivity index (χ3v) is 6.23. The van der Waals surface area contributed by atoms with Gasteiger partial charge in [0.05, 0.1) is 11.5 Å². The fourth-order valence-electron chi connectivity index (χ4n) is 3.57. The summed E-state index contributed by atoms with van der Waals surface area (Å²) in [6, 6.07) is 20.4. The maximum atomic E-state index is 13.2. The molecule has 1 aliphatic heterocycles. The van der Waals surface area contributed by atoms with Crippen molar-refractivity contribution < 1.29 is 13.6 Å². The maximum absolute atomic E-state index is 13.2. The number of thioether (sulfide) groups is 1. The first-order valence-electron chi connectivity index (χ1n) is 10.3. The number of rotatable bonds is 6. The number of furan rings is 1. The minimum atomic E-state index is -0.297. The highest BCUT2D eigenvalue weighted by Crippen LogP contribution is 2.34. The molecule has 9 heteroatoms. The Balaban J connectivity index is 1.32. The van der Waals surface area contributed by atoms with Gasteiger partial charge in [0, 0.05) is 17.0 Å². The van der Waals surface area contributed by atoms with E-state index in [-0.39, 0.29) is 17.7 Å². The number of hydrazone groups is 1. The Kier molecular flexibility index (Phi) is 6.02. The number of amides is 1. The van der Waals surface area contributed by atoms with Gasteiger partial charge < -0.3 is 8.83 Å². The normalized spacial score (nSPS) is 15.6. The van der Waals surface area contributed by atoms with E-state index in [4.69, 9.17) is 20.4 Å². The highest BCUT2D eigenvalue weighted by atomic mass is 35.5. The van der Waals surface area contributed by atoms with E-state index in [1.165, 1.54) is 16.8 Å². The van der Waals surface area contributed by atoms with Gasteiger partial charge in [-0.15, -0.1) is 10.2 Å². The first kappa shape index (κ1) is 21.5. The van der Waals surface area contributed by atoms with Crippen LogP contribution < -0.4 is 0 Å². The Morgan fingerprint density at radius 3 is 2.55 bits per heavy atom. The topological polar surface area (TPSA) is 84.7 Å². The fraction of sp³-hybridized carbons (Fsp3) is 0.167. The van der Waals surface area contributed by atoms with Gasteiger partial charge in [-0.2, -0.15) is 5.10 Å². The lowest BCUT2D eigenvalue weighted by Crippen LogP contribution is -2.28. The molecule has 5 rings (SSSR count). The highest BCUT2D eigenvalue weighted by Gasteiger charge is 2.35. The zero-order valence-corrected chi connectivity index (χ0v) is 19.2. The van der Waals surface area contributed by atoms with Crippen molar-refractivity contribution in [2.45, 2.75) is 24.6 Å². The average Bonchev–Trinajstić information content (AvgIpc) is 3.58. The second-order valence-corrected chi connectivity index (χ2v) is 8.85. The van der Waals surface area contributed by atoms with Crippen molar-refractivity contribution in [3.8, 4) is 11.5 Å². The number of halogens is 1. The van der Waals surface area contributed by atoms with Gasteiger partial charge in [-0.25, -0.2) is 5.01 Å². The third-order valence-electron chi connectivity index (χ3n) is 5.18. The summed E-state index contributed by atoms with van der Waals surface area (Å²) in [7, 11) is 0. The summed E-state index contributed by atoms with van der Waals surface area (Å²) in [5, 5.41) is 15.2. The Labute approximate surface area is 199 Å². The van der Waals surface area contributed by atoms with Crippen LogP contribution in [-0.2, 0) is 4.79 Å². The molecule has 2 aromatic heterocycles. The number of aromatic nitrogens is 2. The number of aryl methyl sites for hydroxylation is 1. The minimum Gasteiger partial charge on any atom is -0.464 e. The lowest BCUT2D eigenvalue weighted by atomic mass is 10.0. The van der Waals surface area contributed by atoms with Crippen LogP contribution in [0.4, 0.5) is 0 Å². The largest absolute Gasteiger partial charge is 0.464 e. The molecule has 0 saturated heterocycles. The number of hydrogen-bond acceptors (Lipinski definition) is 7. The summed E-state index contributed by atoms with van der Waals surface area (Å²) in [4.78, 5) is 13.2. The zero-order valence-electron chi connectivity index (χ0n) is 17.6. The standard InChI is InChI=1S/C24H19ClN4O3S/c1-15-7-12-21(31-15)20-13-19(16-5-3-2-4-6-16)28-29(20)22(30)14-33-24-27-26-23(32-24)17-8-10-18(25)11-9-17/h2-12,20H,13-14H2,1H3/t20-/m0/s1. The van der Waals surface area contributed by atoms with Gasteiger partial charge in [0.1, 0.15) is 17.6 Å². The Bertz CT molecular complexity index is 1300. The van der Waals surface area contributed by atoms with E-state index in [9.17, 15) is 4.79 Å². The number of hydrogen-bond donors (Lipinski definition) is 0. The van der Waals surface area contributed by atoms with Crippen LogP contribution in [-0.4, -0.2) is 32.6 Å². The SMILES string of the molecule is Cc1ccc([C@@H]2CC(c3ccccc3)=NN2C(=O)CSc2nnc(-c3ccc(Cl)cc3)o2)o1. The quantitative estimate of drug-likeness (QED) is 0.327. The monoisotopic (exact) mass is 478 g/mol. The molecule has 33 heavy (non-hydrogen) atoms. The minimum absolute atomic E-state index is 0.101. The predicted octanol–water partition coefficient (Wildman–Crippen LogP) is 5.76. The molecule has 0 fully saturated rings. The molecule has 0 N–H and O–H groups in total. The van der Waals surface area contributed by atoms with Crippen molar-refractivity contribution in [3.05, 3.63) is 88.8 Å². The van der Waals surface area contributed by atoms with Gasteiger partial charge in [0.15, 0.2) is 0 Å². The molecule has 166 valence electrons. The molecule has 1 atom stereocenters. The number of carbonyl (C=O) groups excluding carboxylic acids is 1. The van der Waals surface area contributed by atoms with E-state index >= 15 is 0 Å². The van der Waals surface area contributed by atoms with Crippen molar-refractivity contribution >= 4 is 35.0 Å². The summed E-state index contributed by atoms with van der Waals surface area (Å²) in [5.41, 5.74) is 2.59. The Morgan fingerprint density at radius 1 is 1.03 bits per heavy atom. The first-order valence-corrected chi connectivity index (χ1v) is 11.7. The molecule has 0 radical (unpaired) electrons. The summed E-state index contributed by atoms with van der Waals surface area (Å²) >= 11 is 7.10. The van der Waals surface area contributed by atoms with Crippen LogP contribution in [0.5, 0.6) is 0 Å². The average molecular weight is 479 g/mol. The van der Waals surface area contributed by atoms with E-state index in [0.29, 0.717) is 28.3 Å². The van der Waals surface area contributed by atoms with E-state index in [1.807, 2.05) is 49.4 Å². The van der Waals surface area contributed by atoms with Crippen molar-refractivity contribution in [2.24, 2.45) is 5.10 Å². The second kappa shape index (κ2) is 9.25. The smallest absolute Gasteiger partial charge is 0.277 e. The summed E-state index contributed by atoms with van der Waals surface area (Å²) in [6.07, 6.45) is 0.578. The molecule has 0 aliphatic carbocycles. The number of nitrogens with zero attached hydrogens (tertiary/aromatic N) is 4. The van der Waals surface area contributed by atoms with Gasteiger partial charge in [0.25, 0.3) is 11.1 Å². The zero-order chi connectivity index (χ0) is 22.8. The number of carbonyl (C=O) groups is 1. The van der Waals surface area contributed by atoms with Crippen molar-refractivity contribution in [1.82, 2.24) is 15.2 Å². The van der Waals surface area contributed by atoms with Crippen LogP contribution in [0, 0.1) is 6.92 Å². The van der Waals surface area contributed by atoms with Crippen LogP contribution in [0.3, 0.4) is 0 Å². The van der Waals surface area contributed by atoms with Crippen molar-refractivity contribution in [3.63, 3.8) is 0 Å². The van der Waals surface area contributed by atoms with Crippen LogP contribution in [0.15, 0.2) is 85.9 Å². The van der Waals surface area contributed by atoms with Crippen LogP contribution >= 0.6 is 23.4 Å². The molecule has 4 aromatic rings. The van der Waals surface area contributed by atoms with E-state index in [2.05, 4.69) is 15.3 Å². The molecule has 1 amide bonds. The van der Waals surface area contributed by atoms with Gasteiger partial charge in [-0.1, -0.05) is 53.7 Å². The van der Waals surface area contributed by atoms with Gasteiger partial charge in [0.2, 0.25) is 5.89 Å². The van der Waals surface area contributed by atoms with Gasteiger partial charge in [-0.05, 0) is 48.9 Å². The Hall–Kier alpha value is -3.36. The van der Waals surface area contributed by atoms with Crippen LogP contribution in [0.1, 0.15) is 29.5 Å². The van der Waals surface area contributed by atoms with Gasteiger partial charge >= 0.3 is 0 Å². The molecule has 3 heterocycles. The van der Waals surface area contributed by atoms with Gasteiger partial charge in [-0.3, -0.25) is 4.79 Å². The lowest BCUT2D eigenvalue weighted by Gasteiger charge is -2.19. The second-order valence-electron chi connectivity index (χ2n) is 7.49. The highest BCUT2D eigenvalue weighted by molar-refractivity contribution is 7.99. The van der Waals surface area contributed by atoms with Crippen LogP contribution in [0.25, 0.3) is 11.5 Å². The fourth-order valence-corrected chi connectivity index (χ4v) is 4.31. The van der Waals surface area contributed by atoms with E-state index < -0.39 is 0 Å². The van der Waals surface area contributed by atoms with E-state index in [0.717, 1.165) is 22.6 Å². The molecule has 7 nitrogen and oxygen atoms in total. The summed E-state index contributed by atoms with van der Waals surface area (Å²) in [5.74, 6) is 1.81. The molecule has 2 aromatic carbocycles. The molecule has 0 unspecified atom stereocenters. The summed E-state index contributed by atoms with van der Waals surface area (Å²) in [6.45, 7) is 1.88. The summed E-state index contributed by atoms with van der Waals surface area (Å²) < 4.78 is 11.5. The molecule has 0 bridgehead atoms. The first-order chi connectivity index (χ1) is 16.1. The maximum Gasteiger partial charge on any atom is 0.277 e. The van der Waals surface area contributed by atoms with Crippen molar-refractivity contribution in [1.29, 1.82) is 0 Å². The lowest BCUT2D eigenvalue weighted by molar-refractivity contribution is -0.130. The predicted molar refractivity (Wildman–Crippen MR) is 126 cm³/mol. The molecule has 0 saturated carbocycles. The Morgan fingerprint density at radius 2 is 1.82 bits per heavy atom. The molecular weight excluding hydrogens is 460 g/mol. The third kappa shape index (κ3) is 4.72.